The van der Waals surface area contributed by atoms with Crippen LogP contribution in [0.5, 0.6) is 0 Å². The minimum absolute atomic E-state index is 0.0900. The molecule has 1 aromatic rings. The summed E-state index contributed by atoms with van der Waals surface area (Å²) in [6.07, 6.45) is 4.65. The third-order valence-corrected chi connectivity index (χ3v) is 3.43. The smallest absolute Gasteiger partial charge is 0.274 e. The Morgan fingerprint density at radius 1 is 1.50 bits per heavy atom. The molecule has 98 valence electrons. The van der Waals surface area contributed by atoms with Crippen molar-refractivity contribution in [2.75, 3.05) is 13.1 Å². The molecule has 5 nitrogen and oxygen atoms in total. The van der Waals surface area contributed by atoms with Crippen LogP contribution in [0.3, 0.4) is 0 Å². The van der Waals surface area contributed by atoms with Crippen LogP contribution in [-0.4, -0.2) is 45.1 Å². The number of aliphatic hydroxyl groups is 1. The van der Waals surface area contributed by atoms with Crippen molar-refractivity contribution in [2.45, 2.75) is 32.8 Å². The maximum atomic E-state index is 12.2. The van der Waals surface area contributed by atoms with Crippen LogP contribution in [0, 0.1) is 12.8 Å². The van der Waals surface area contributed by atoms with Gasteiger partial charge in [-0.05, 0) is 26.7 Å². The van der Waals surface area contributed by atoms with Crippen LogP contribution < -0.4 is 0 Å². The van der Waals surface area contributed by atoms with Gasteiger partial charge in [-0.2, -0.15) is 0 Å². The second kappa shape index (κ2) is 5.44. The van der Waals surface area contributed by atoms with Gasteiger partial charge in [0.2, 0.25) is 0 Å². The number of aromatic nitrogens is 2. The van der Waals surface area contributed by atoms with E-state index in [1.165, 1.54) is 6.20 Å². The van der Waals surface area contributed by atoms with Crippen molar-refractivity contribution in [3.05, 3.63) is 23.8 Å². The van der Waals surface area contributed by atoms with Crippen LogP contribution >= 0.6 is 0 Å². The Hall–Kier alpha value is -1.49. The topological polar surface area (TPSA) is 66.3 Å². The first kappa shape index (κ1) is 13.0. The second-order valence-corrected chi connectivity index (χ2v) is 4.94. The maximum absolute atomic E-state index is 12.2. The molecule has 1 saturated heterocycles. The molecule has 1 aromatic heterocycles. The molecule has 1 aliphatic heterocycles. The van der Waals surface area contributed by atoms with E-state index in [-0.39, 0.29) is 17.9 Å². The fraction of sp³-hybridized carbons (Fsp3) is 0.615. The molecule has 2 unspecified atom stereocenters. The molecule has 2 atom stereocenters. The summed E-state index contributed by atoms with van der Waals surface area (Å²) in [7, 11) is 0. The minimum atomic E-state index is -0.371. The maximum Gasteiger partial charge on any atom is 0.274 e. The standard InChI is InChI=1S/C13H19N3O2/c1-9-6-15-12(7-14-9)13(18)16-5-3-4-11(8-16)10(2)17/h6-7,10-11,17H,3-5,8H2,1-2H3. The molecule has 0 aliphatic carbocycles. The Kier molecular flexibility index (Phi) is 3.91. The molecule has 0 spiro atoms. The molecule has 18 heavy (non-hydrogen) atoms. The summed E-state index contributed by atoms with van der Waals surface area (Å²) in [4.78, 5) is 22.2. The average molecular weight is 249 g/mol. The van der Waals surface area contributed by atoms with Gasteiger partial charge in [-0.1, -0.05) is 0 Å². The monoisotopic (exact) mass is 249 g/mol. The number of nitrogens with zero attached hydrogens (tertiary/aromatic N) is 3. The highest BCUT2D eigenvalue weighted by molar-refractivity contribution is 5.92. The quantitative estimate of drug-likeness (QED) is 0.849. The van der Waals surface area contributed by atoms with Gasteiger partial charge in [-0.15, -0.1) is 0 Å². The number of aryl methyl sites for hydroxylation is 1. The number of aliphatic hydroxyl groups excluding tert-OH is 1. The predicted octanol–water partition coefficient (Wildman–Crippen LogP) is 1.02. The molecule has 0 aromatic carbocycles. The summed E-state index contributed by atoms with van der Waals surface area (Å²) in [5, 5.41) is 9.62. The molecule has 5 heteroatoms. The van der Waals surface area contributed by atoms with Crippen LogP contribution in [-0.2, 0) is 0 Å². The SMILES string of the molecule is Cc1cnc(C(=O)N2CCCC(C(C)O)C2)cn1. The number of hydrogen-bond donors (Lipinski definition) is 1. The van der Waals surface area contributed by atoms with Crippen LogP contribution in [0.25, 0.3) is 0 Å². The van der Waals surface area contributed by atoms with Gasteiger partial charge in [-0.3, -0.25) is 9.78 Å². The fourth-order valence-electron chi connectivity index (χ4n) is 2.25. The predicted molar refractivity (Wildman–Crippen MR) is 67.1 cm³/mol. The van der Waals surface area contributed by atoms with E-state index in [2.05, 4.69) is 9.97 Å². The first-order valence-corrected chi connectivity index (χ1v) is 6.34. The number of carbonyl (C=O) groups is 1. The van der Waals surface area contributed by atoms with Crippen molar-refractivity contribution < 1.29 is 9.90 Å². The lowest BCUT2D eigenvalue weighted by Crippen LogP contribution is -2.43. The Labute approximate surface area is 107 Å². The average Bonchev–Trinajstić information content (AvgIpc) is 2.39. The van der Waals surface area contributed by atoms with E-state index in [1.54, 1.807) is 18.0 Å². The van der Waals surface area contributed by atoms with E-state index < -0.39 is 0 Å². The lowest BCUT2D eigenvalue weighted by atomic mass is 9.93. The highest BCUT2D eigenvalue weighted by atomic mass is 16.3. The summed E-state index contributed by atoms with van der Waals surface area (Å²) < 4.78 is 0. The van der Waals surface area contributed by atoms with Crippen molar-refractivity contribution in [3.8, 4) is 0 Å². The van der Waals surface area contributed by atoms with Gasteiger partial charge < -0.3 is 10.0 Å². The second-order valence-electron chi connectivity index (χ2n) is 4.94. The Morgan fingerprint density at radius 2 is 2.28 bits per heavy atom. The normalized spacial score (nSPS) is 21.7. The number of piperidine rings is 1. The fourth-order valence-corrected chi connectivity index (χ4v) is 2.25. The summed E-state index contributed by atoms with van der Waals surface area (Å²) in [5.74, 6) is 0.0777. The zero-order valence-electron chi connectivity index (χ0n) is 10.8. The van der Waals surface area contributed by atoms with E-state index in [1.807, 2.05) is 6.92 Å². The lowest BCUT2D eigenvalue weighted by Gasteiger charge is -2.33. The Balaban J connectivity index is 2.06. The zero-order valence-corrected chi connectivity index (χ0v) is 10.8. The molecule has 0 bridgehead atoms. The van der Waals surface area contributed by atoms with E-state index in [9.17, 15) is 9.90 Å². The van der Waals surface area contributed by atoms with Crippen LogP contribution in [0.15, 0.2) is 12.4 Å². The summed E-state index contributed by atoms with van der Waals surface area (Å²) in [6.45, 7) is 4.96. The minimum Gasteiger partial charge on any atom is -0.393 e. The molecular formula is C13H19N3O2. The zero-order chi connectivity index (χ0) is 13.1. The van der Waals surface area contributed by atoms with Crippen LogP contribution in [0.4, 0.5) is 0 Å². The number of hydrogen-bond acceptors (Lipinski definition) is 4. The Bertz CT molecular complexity index is 417. The Morgan fingerprint density at radius 3 is 2.89 bits per heavy atom. The molecule has 1 amide bonds. The largest absolute Gasteiger partial charge is 0.393 e. The number of rotatable bonds is 2. The van der Waals surface area contributed by atoms with Crippen molar-refractivity contribution in [3.63, 3.8) is 0 Å². The highest BCUT2D eigenvalue weighted by Gasteiger charge is 2.27. The molecule has 0 saturated carbocycles. The number of likely N-dealkylation sites (tertiary alicyclic amines) is 1. The molecule has 1 aliphatic rings. The highest BCUT2D eigenvalue weighted by Crippen LogP contribution is 2.20. The third-order valence-electron chi connectivity index (χ3n) is 3.43. The molecule has 1 fully saturated rings. The van der Waals surface area contributed by atoms with Crippen molar-refractivity contribution in [1.82, 2.24) is 14.9 Å². The van der Waals surface area contributed by atoms with Crippen molar-refractivity contribution in [2.24, 2.45) is 5.92 Å². The lowest BCUT2D eigenvalue weighted by molar-refractivity contribution is 0.0461. The van der Waals surface area contributed by atoms with E-state index in [0.717, 1.165) is 25.1 Å². The molecule has 2 heterocycles. The van der Waals surface area contributed by atoms with Gasteiger partial charge in [-0.25, -0.2) is 4.98 Å². The van der Waals surface area contributed by atoms with Gasteiger partial charge in [0.05, 0.1) is 18.0 Å². The van der Waals surface area contributed by atoms with Crippen molar-refractivity contribution in [1.29, 1.82) is 0 Å². The van der Waals surface area contributed by atoms with Crippen LogP contribution in [0.1, 0.15) is 35.9 Å². The third kappa shape index (κ3) is 2.85. The first-order valence-electron chi connectivity index (χ1n) is 6.34. The summed E-state index contributed by atoms with van der Waals surface area (Å²) in [5.41, 5.74) is 1.18. The van der Waals surface area contributed by atoms with E-state index in [4.69, 9.17) is 0 Å². The first-order chi connectivity index (χ1) is 8.58. The summed E-state index contributed by atoms with van der Waals surface area (Å²) >= 11 is 0. The van der Waals surface area contributed by atoms with Gasteiger partial charge in [0.1, 0.15) is 5.69 Å². The number of amides is 1. The number of carbonyl (C=O) groups excluding carboxylic acids is 1. The van der Waals surface area contributed by atoms with Crippen molar-refractivity contribution >= 4 is 5.91 Å². The van der Waals surface area contributed by atoms with Crippen LogP contribution in [0.2, 0.25) is 0 Å². The van der Waals surface area contributed by atoms with Gasteiger partial charge in [0.25, 0.3) is 5.91 Å². The molecule has 1 N–H and O–H groups in total. The van der Waals surface area contributed by atoms with Gasteiger partial charge in [0, 0.05) is 25.2 Å². The molecular weight excluding hydrogens is 230 g/mol. The van der Waals surface area contributed by atoms with Gasteiger partial charge >= 0.3 is 0 Å². The van der Waals surface area contributed by atoms with Gasteiger partial charge in [0.15, 0.2) is 0 Å². The summed E-state index contributed by atoms with van der Waals surface area (Å²) in [6, 6.07) is 0. The van der Waals surface area contributed by atoms with E-state index >= 15 is 0 Å². The molecule has 0 radical (unpaired) electrons. The molecule has 2 rings (SSSR count). The van der Waals surface area contributed by atoms with E-state index in [0.29, 0.717) is 12.2 Å².